The molecule has 4 fully saturated rings. The minimum Gasteiger partial charge on any atom is -0.450 e. The van der Waals surface area contributed by atoms with Crippen LogP contribution < -0.4 is 0 Å². The van der Waals surface area contributed by atoms with Crippen LogP contribution in [0.1, 0.15) is 116 Å². The Bertz CT molecular complexity index is 588. The number of rotatable bonds is 5. The van der Waals surface area contributed by atoms with E-state index in [1.54, 1.807) is 0 Å². The number of carbonyl (C=O) groups is 1. The molecule has 0 radical (unpaired) electrons. The first kappa shape index (κ1) is 21.1. The van der Waals surface area contributed by atoms with Crippen LogP contribution in [-0.2, 0) is 9.53 Å². The van der Waals surface area contributed by atoms with Crippen LogP contribution in [0.2, 0.25) is 0 Å². The van der Waals surface area contributed by atoms with Crippen LogP contribution in [-0.4, -0.2) is 11.6 Å². The van der Waals surface area contributed by atoms with E-state index in [-0.39, 0.29) is 17.5 Å². The van der Waals surface area contributed by atoms with Crippen LogP contribution >= 0.6 is 0 Å². The van der Waals surface area contributed by atoms with Crippen LogP contribution in [0.15, 0.2) is 12.2 Å². The van der Waals surface area contributed by atoms with Gasteiger partial charge in [-0.1, -0.05) is 51.4 Å². The van der Waals surface area contributed by atoms with E-state index in [0.29, 0.717) is 5.92 Å². The van der Waals surface area contributed by atoms with Crippen molar-refractivity contribution in [1.29, 1.82) is 0 Å². The molecule has 30 heavy (non-hydrogen) atoms. The fraction of sp³-hybridized carbons (Fsp3) is 0.893. The third-order valence-corrected chi connectivity index (χ3v) is 9.92. The molecule has 0 amide bonds. The minimum atomic E-state index is -0.272. The average Bonchev–Trinajstić information content (AvgIpc) is 3.61. The normalized spacial score (nSPS) is 37.6. The maximum Gasteiger partial charge on any atom is 0.310 e. The summed E-state index contributed by atoms with van der Waals surface area (Å²) in [5.41, 5.74) is -0.272. The molecule has 0 saturated heterocycles. The highest BCUT2D eigenvalue weighted by atomic mass is 16.6. The summed E-state index contributed by atoms with van der Waals surface area (Å²) in [7, 11) is 0. The summed E-state index contributed by atoms with van der Waals surface area (Å²) in [4.78, 5) is 12.9. The van der Waals surface area contributed by atoms with Gasteiger partial charge < -0.3 is 4.74 Å². The van der Waals surface area contributed by atoms with Crippen molar-refractivity contribution in [2.45, 2.75) is 121 Å². The van der Waals surface area contributed by atoms with Crippen molar-refractivity contribution < 1.29 is 9.53 Å². The molecule has 0 atom stereocenters. The van der Waals surface area contributed by atoms with E-state index in [0.717, 1.165) is 36.5 Å². The molecule has 168 valence electrons. The Hall–Kier alpha value is -0.790. The maximum absolute atomic E-state index is 12.9. The molecule has 5 rings (SSSR count). The molecule has 5 aliphatic carbocycles. The van der Waals surface area contributed by atoms with Crippen molar-refractivity contribution in [1.82, 2.24) is 0 Å². The number of carbonyl (C=O) groups excluding carboxylic acids is 1. The number of esters is 1. The first-order valence-electron chi connectivity index (χ1n) is 13.7. The Morgan fingerprint density at radius 3 is 1.50 bits per heavy atom. The van der Waals surface area contributed by atoms with E-state index in [2.05, 4.69) is 12.2 Å². The molecule has 0 N–H and O–H groups in total. The molecule has 2 nitrogen and oxygen atoms in total. The van der Waals surface area contributed by atoms with Crippen molar-refractivity contribution in [2.24, 2.45) is 35.5 Å². The van der Waals surface area contributed by atoms with Gasteiger partial charge in [0.15, 0.2) is 5.60 Å². The lowest BCUT2D eigenvalue weighted by molar-refractivity contribution is -0.160. The molecule has 2 heteroatoms. The molecule has 5 aliphatic rings. The second kappa shape index (κ2) is 9.37. The van der Waals surface area contributed by atoms with Gasteiger partial charge in [-0.3, -0.25) is 4.79 Å². The lowest BCUT2D eigenvalue weighted by Gasteiger charge is -2.40. The van der Waals surface area contributed by atoms with Crippen molar-refractivity contribution in [3.63, 3.8) is 0 Å². The standard InChI is InChI=1S/C28H44O2/c29-27(30-28(19-20-28)26-9-5-2-6-10-26)25-17-15-24(16-18-25)23-13-11-22(12-14-23)21-7-3-1-4-8-21/h19-26H,1-18H2. The highest BCUT2D eigenvalue weighted by molar-refractivity contribution is 5.74. The minimum absolute atomic E-state index is 0.116. The van der Waals surface area contributed by atoms with Gasteiger partial charge in [0.1, 0.15) is 0 Å². The van der Waals surface area contributed by atoms with Gasteiger partial charge >= 0.3 is 5.97 Å². The summed E-state index contributed by atoms with van der Waals surface area (Å²) >= 11 is 0. The summed E-state index contributed by atoms with van der Waals surface area (Å²) in [6.07, 6.45) is 28.9. The van der Waals surface area contributed by atoms with Crippen molar-refractivity contribution in [2.75, 3.05) is 0 Å². The van der Waals surface area contributed by atoms with E-state index < -0.39 is 0 Å². The summed E-state index contributed by atoms with van der Waals surface area (Å²) in [5, 5.41) is 0. The Kier molecular flexibility index (Phi) is 6.58. The first-order chi connectivity index (χ1) is 14.7. The molecular weight excluding hydrogens is 368 g/mol. The van der Waals surface area contributed by atoms with Crippen LogP contribution in [0, 0.1) is 35.5 Å². The van der Waals surface area contributed by atoms with Gasteiger partial charge in [0, 0.05) is 5.92 Å². The molecule has 0 aromatic heterocycles. The Labute approximate surface area is 184 Å². The predicted molar refractivity (Wildman–Crippen MR) is 122 cm³/mol. The molecule has 0 aromatic rings. The molecule has 0 bridgehead atoms. The highest BCUT2D eigenvalue weighted by Gasteiger charge is 2.47. The van der Waals surface area contributed by atoms with E-state index in [9.17, 15) is 4.79 Å². The van der Waals surface area contributed by atoms with Gasteiger partial charge in [-0.25, -0.2) is 0 Å². The zero-order chi connectivity index (χ0) is 20.4. The fourth-order valence-corrected chi connectivity index (χ4v) is 7.84. The molecular formula is C28H44O2. The molecule has 4 saturated carbocycles. The zero-order valence-corrected chi connectivity index (χ0v) is 19.2. The van der Waals surface area contributed by atoms with E-state index in [1.807, 2.05) is 0 Å². The smallest absolute Gasteiger partial charge is 0.310 e. The van der Waals surface area contributed by atoms with Crippen molar-refractivity contribution in [3.05, 3.63) is 12.2 Å². The van der Waals surface area contributed by atoms with E-state index in [1.165, 1.54) is 103 Å². The monoisotopic (exact) mass is 412 g/mol. The molecule has 0 spiro atoms. The Morgan fingerprint density at radius 2 is 1.00 bits per heavy atom. The topological polar surface area (TPSA) is 26.3 Å². The molecule has 0 heterocycles. The summed E-state index contributed by atoms with van der Waals surface area (Å²) in [5.74, 6) is 4.76. The highest BCUT2D eigenvalue weighted by Crippen LogP contribution is 2.47. The maximum atomic E-state index is 12.9. The first-order valence-corrected chi connectivity index (χ1v) is 13.7. The SMILES string of the molecule is O=C(OC1(C2CCCCC2)C=C1)C1CCC(C2CCC(C3CCCCC3)CC2)CC1. The van der Waals surface area contributed by atoms with Gasteiger partial charge in [-0.05, 0) is 100 Å². The molecule has 0 aromatic carbocycles. The lowest BCUT2D eigenvalue weighted by Crippen LogP contribution is -2.36. The van der Waals surface area contributed by atoms with Gasteiger partial charge in [-0.2, -0.15) is 0 Å². The second-order valence-corrected chi connectivity index (χ2v) is 11.6. The summed E-state index contributed by atoms with van der Waals surface area (Å²) < 4.78 is 6.14. The average molecular weight is 413 g/mol. The number of hydrogen-bond acceptors (Lipinski definition) is 2. The number of hydrogen-bond donors (Lipinski definition) is 0. The number of ether oxygens (including phenoxy) is 1. The van der Waals surface area contributed by atoms with Gasteiger partial charge in [0.05, 0.1) is 5.92 Å². The van der Waals surface area contributed by atoms with Crippen LogP contribution in [0.5, 0.6) is 0 Å². The fourth-order valence-electron chi connectivity index (χ4n) is 7.84. The van der Waals surface area contributed by atoms with Crippen molar-refractivity contribution >= 4 is 5.97 Å². The molecule has 0 unspecified atom stereocenters. The molecule has 0 aliphatic heterocycles. The van der Waals surface area contributed by atoms with E-state index in [4.69, 9.17) is 4.74 Å². The van der Waals surface area contributed by atoms with Crippen LogP contribution in [0.4, 0.5) is 0 Å². The third kappa shape index (κ3) is 4.68. The van der Waals surface area contributed by atoms with E-state index >= 15 is 0 Å². The second-order valence-electron chi connectivity index (χ2n) is 11.6. The lowest BCUT2D eigenvalue weighted by atomic mass is 9.66. The third-order valence-electron chi connectivity index (χ3n) is 9.92. The quantitative estimate of drug-likeness (QED) is 0.343. The zero-order valence-electron chi connectivity index (χ0n) is 19.2. The summed E-state index contributed by atoms with van der Waals surface area (Å²) in [6, 6.07) is 0. The van der Waals surface area contributed by atoms with Crippen molar-refractivity contribution in [3.8, 4) is 0 Å². The largest absolute Gasteiger partial charge is 0.450 e. The van der Waals surface area contributed by atoms with Gasteiger partial charge in [-0.15, -0.1) is 0 Å². The Balaban J connectivity index is 1.05. The predicted octanol–water partition coefficient (Wildman–Crippen LogP) is 7.61. The van der Waals surface area contributed by atoms with Crippen LogP contribution in [0.25, 0.3) is 0 Å². The summed E-state index contributed by atoms with van der Waals surface area (Å²) in [6.45, 7) is 0. The Morgan fingerprint density at radius 1 is 0.567 bits per heavy atom. The van der Waals surface area contributed by atoms with Gasteiger partial charge in [0.25, 0.3) is 0 Å². The van der Waals surface area contributed by atoms with Crippen LogP contribution in [0.3, 0.4) is 0 Å². The van der Waals surface area contributed by atoms with Gasteiger partial charge in [0.2, 0.25) is 0 Å².